The van der Waals surface area contributed by atoms with E-state index in [-0.39, 0.29) is 18.8 Å². The van der Waals surface area contributed by atoms with Crippen LogP contribution in [0.25, 0.3) is 0 Å². The molecule has 2 unspecified atom stereocenters. The molecule has 28 heavy (non-hydrogen) atoms. The van der Waals surface area contributed by atoms with Gasteiger partial charge >= 0.3 is 0 Å². The van der Waals surface area contributed by atoms with Gasteiger partial charge in [0.1, 0.15) is 6.10 Å². The van der Waals surface area contributed by atoms with Gasteiger partial charge in [-0.3, -0.25) is 0 Å². The molecule has 3 rings (SSSR count). The number of hydrogen-bond donors (Lipinski definition) is 2. The number of aliphatic hydroxyl groups is 1. The van der Waals surface area contributed by atoms with E-state index in [0.717, 1.165) is 21.7 Å². The number of aliphatic hydroxyl groups excluding tert-OH is 1. The van der Waals surface area contributed by atoms with Gasteiger partial charge in [0.25, 0.3) is 0 Å². The lowest BCUT2D eigenvalue weighted by Crippen LogP contribution is -2.32. The summed E-state index contributed by atoms with van der Waals surface area (Å²) < 4.78 is 6.12. The minimum atomic E-state index is -0.607. The topological polar surface area (TPSA) is 41.5 Å². The highest BCUT2D eigenvalue weighted by Crippen LogP contribution is 2.26. The molecule has 0 aromatic heterocycles. The van der Waals surface area contributed by atoms with Crippen LogP contribution in [0.1, 0.15) is 35.8 Å². The first-order valence-corrected chi connectivity index (χ1v) is 9.89. The summed E-state index contributed by atoms with van der Waals surface area (Å²) in [5.74, 6) is 0. The summed E-state index contributed by atoms with van der Waals surface area (Å²) in [6.07, 6.45) is -0.810. The lowest BCUT2D eigenvalue weighted by atomic mass is 10.0. The second-order valence-corrected chi connectivity index (χ2v) is 7.31. The molecule has 0 heterocycles. The van der Waals surface area contributed by atoms with Gasteiger partial charge in [0.15, 0.2) is 0 Å². The van der Waals surface area contributed by atoms with E-state index in [2.05, 4.69) is 12.2 Å². The van der Waals surface area contributed by atoms with Crippen LogP contribution >= 0.6 is 11.6 Å². The van der Waals surface area contributed by atoms with E-state index < -0.39 is 6.10 Å². The van der Waals surface area contributed by atoms with Crippen LogP contribution in [0.5, 0.6) is 0 Å². The fourth-order valence-electron chi connectivity index (χ4n) is 3.09. The highest BCUT2D eigenvalue weighted by atomic mass is 35.5. The van der Waals surface area contributed by atoms with Gasteiger partial charge in [0.05, 0.1) is 12.7 Å². The molecule has 0 saturated carbocycles. The van der Waals surface area contributed by atoms with Crippen molar-refractivity contribution in [3.63, 3.8) is 0 Å². The largest absolute Gasteiger partial charge is 0.389 e. The molecule has 3 nitrogen and oxygen atoms in total. The Morgan fingerprint density at radius 3 is 1.89 bits per heavy atom. The molecule has 3 aromatic rings. The number of halogens is 1. The van der Waals surface area contributed by atoms with Crippen molar-refractivity contribution in [2.45, 2.75) is 25.2 Å². The van der Waals surface area contributed by atoms with Crippen molar-refractivity contribution in [2.75, 3.05) is 13.2 Å². The quantitative estimate of drug-likeness (QED) is 0.526. The van der Waals surface area contributed by atoms with Gasteiger partial charge in [0.2, 0.25) is 0 Å². The predicted octanol–water partition coefficient (Wildman–Crippen LogP) is 5.16. The molecule has 0 amide bonds. The molecular weight excluding hydrogens is 370 g/mol. The molecule has 2 atom stereocenters. The van der Waals surface area contributed by atoms with Crippen molar-refractivity contribution in [1.29, 1.82) is 0 Å². The van der Waals surface area contributed by atoms with Gasteiger partial charge < -0.3 is 15.2 Å². The maximum Gasteiger partial charge on any atom is 0.108 e. The second kappa shape index (κ2) is 10.4. The van der Waals surface area contributed by atoms with Gasteiger partial charge in [-0.05, 0) is 35.7 Å². The normalized spacial score (nSPS) is 13.4. The van der Waals surface area contributed by atoms with Gasteiger partial charge in [-0.15, -0.1) is 0 Å². The maximum atomic E-state index is 10.4. The van der Waals surface area contributed by atoms with Crippen molar-refractivity contribution in [3.8, 4) is 0 Å². The molecule has 0 radical (unpaired) electrons. The van der Waals surface area contributed by atoms with E-state index in [4.69, 9.17) is 16.3 Å². The summed E-state index contributed by atoms with van der Waals surface area (Å²) in [6, 6.07) is 28.0. The summed E-state index contributed by atoms with van der Waals surface area (Å²) in [4.78, 5) is 0. The minimum absolute atomic E-state index is 0.117. The second-order valence-electron chi connectivity index (χ2n) is 6.87. The maximum absolute atomic E-state index is 10.4. The number of benzene rings is 3. The van der Waals surface area contributed by atoms with Crippen LogP contribution in [0, 0.1) is 0 Å². The third-order valence-electron chi connectivity index (χ3n) is 4.69. The highest BCUT2D eigenvalue weighted by molar-refractivity contribution is 6.30. The van der Waals surface area contributed by atoms with E-state index in [1.807, 2.05) is 84.9 Å². The van der Waals surface area contributed by atoms with Crippen LogP contribution in [-0.4, -0.2) is 24.4 Å². The summed E-state index contributed by atoms with van der Waals surface area (Å²) in [6.45, 7) is 2.75. The van der Waals surface area contributed by atoms with Crippen molar-refractivity contribution < 1.29 is 9.84 Å². The van der Waals surface area contributed by atoms with Crippen molar-refractivity contribution in [1.82, 2.24) is 5.32 Å². The standard InChI is InChI=1S/C24H26ClNO2/c1-18(19-12-14-22(25)15-13-19)26-16-23(27)17-28-24(20-8-4-2-5-9-20)21-10-6-3-7-11-21/h2-15,18,23-24,26-27H,16-17H2,1H3. The SMILES string of the molecule is CC(NCC(O)COC(c1ccccc1)c1ccccc1)c1ccc(Cl)cc1. The average Bonchev–Trinajstić information content (AvgIpc) is 2.74. The molecule has 0 aliphatic rings. The molecule has 3 aromatic carbocycles. The number of hydrogen-bond acceptors (Lipinski definition) is 3. The fraction of sp³-hybridized carbons (Fsp3) is 0.250. The van der Waals surface area contributed by atoms with E-state index in [1.54, 1.807) is 0 Å². The van der Waals surface area contributed by atoms with Crippen LogP contribution in [0.15, 0.2) is 84.9 Å². The third kappa shape index (κ3) is 5.91. The van der Waals surface area contributed by atoms with Gasteiger partial charge in [-0.1, -0.05) is 84.4 Å². The third-order valence-corrected chi connectivity index (χ3v) is 4.94. The van der Waals surface area contributed by atoms with E-state index in [9.17, 15) is 5.11 Å². The minimum Gasteiger partial charge on any atom is -0.389 e. The van der Waals surface area contributed by atoms with Crippen molar-refractivity contribution in [2.24, 2.45) is 0 Å². The Hall–Kier alpha value is -2.17. The molecule has 0 fully saturated rings. The lowest BCUT2D eigenvalue weighted by molar-refractivity contribution is 0.00578. The molecule has 4 heteroatoms. The lowest BCUT2D eigenvalue weighted by Gasteiger charge is -2.22. The molecule has 0 bridgehead atoms. The zero-order chi connectivity index (χ0) is 19.8. The average molecular weight is 396 g/mol. The van der Waals surface area contributed by atoms with Crippen LogP contribution in [0.2, 0.25) is 5.02 Å². The molecule has 0 aliphatic heterocycles. The first-order valence-electron chi connectivity index (χ1n) is 9.52. The Bertz CT molecular complexity index is 785. The van der Waals surface area contributed by atoms with Crippen LogP contribution < -0.4 is 5.32 Å². The number of nitrogens with one attached hydrogen (secondary N) is 1. The summed E-state index contributed by atoms with van der Waals surface area (Å²) >= 11 is 5.94. The number of rotatable bonds is 9. The first kappa shape index (κ1) is 20.6. The Morgan fingerprint density at radius 2 is 1.36 bits per heavy atom. The molecule has 0 spiro atoms. The number of ether oxygens (including phenoxy) is 1. The summed E-state index contributed by atoms with van der Waals surface area (Å²) in [5, 5.41) is 14.5. The Morgan fingerprint density at radius 1 is 0.821 bits per heavy atom. The molecule has 2 N–H and O–H groups in total. The zero-order valence-corrected chi connectivity index (χ0v) is 16.7. The smallest absolute Gasteiger partial charge is 0.108 e. The molecular formula is C24H26ClNO2. The zero-order valence-electron chi connectivity index (χ0n) is 16.0. The monoisotopic (exact) mass is 395 g/mol. The van der Waals surface area contributed by atoms with Crippen LogP contribution in [0.4, 0.5) is 0 Å². The Kier molecular flexibility index (Phi) is 7.63. The van der Waals surface area contributed by atoms with Gasteiger partial charge in [-0.25, -0.2) is 0 Å². The highest BCUT2D eigenvalue weighted by Gasteiger charge is 2.17. The first-order chi connectivity index (χ1) is 13.6. The van der Waals surface area contributed by atoms with Crippen LogP contribution in [0.3, 0.4) is 0 Å². The molecule has 0 saturated heterocycles. The van der Waals surface area contributed by atoms with Gasteiger partial charge in [0, 0.05) is 17.6 Å². The van der Waals surface area contributed by atoms with Gasteiger partial charge in [-0.2, -0.15) is 0 Å². The van der Waals surface area contributed by atoms with E-state index in [0.29, 0.717) is 6.54 Å². The van der Waals surface area contributed by atoms with Crippen LogP contribution in [-0.2, 0) is 4.74 Å². The van der Waals surface area contributed by atoms with Crippen molar-refractivity contribution >= 4 is 11.6 Å². The summed E-state index contributed by atoms with van der Waals surface area (Å²) in [5.41, 5.74) is 3.27. The predicted molar refractivity (Wildman–Crippen MR) is 115 cm³/mol. The van der Waals surface area contributed by atoms with E-state index in [1.165, 1.54) is 0 Å². The fourth-order valence-corrected chi connectivity index (χ4v) is 3.21. The van der Waals surface area contributed by atoms with Crippen molar-refractivity contribution in [3.05, 3.63) is 107 Å². The molecule has 0 aliphatic carbocycles. The molecule has 146 valence electrons. The summed E-state index contributed by atoms with van der Waals surface area (Å²) in [7, 11) is 0. The van der Waals surface area contributed by atoms with E-state index >= 15 is 0 Å². The Labute approximate surface area is 171 Å². The Balaban J connectivity index is 1.56.